The largest absolute Gasteiger partial charge is 0.393 e. The molecule has 10 heteroatoms. The highest BCUT2D eigenvalue weighted by Crippen LogP contribution is 2.52. The van der Waals surface area contributed by atoms with E-state index in [1.165, 1.54) is 19.2 Å². The van der Waals surface area contributed by atoms with Crippen molar-refractivity contribution in [3.05, 3.63) is 17.3 Å². The molecule has 6 nitrogen and oxygen atoms in total. The molecule has 0 radical (unpaired) electrons. The number of hydrogen-bond donors (Lipinski definition) is 1. The number of piperazine rings is 1. The SMILES string of the molecule is O=C([C@@H]1CC2(CC2)CN1)N1CCN(c2ncnc3sc(CC(F)(F)F)cc23)CC1. The van der Waals surface area contributed by atoms with Crippen molar-refractivity contribution in [1.82, 2.24) is 20.2 Å². The first-order valence-corrected chi connectivity index (χ1v) is 10.7. The van der Waals surface area contributed by atoms with Crippen molar-refractivity contribution in [2.45, 2.75) is 37.9 Å². The molecule has 1 amide bonds. The number of carbonyl (C=O) groups excluding carboxylic acids is 1. The predicted octanol–water partition coefficient (Wildman–Crippen LogP) is 2.59. The first-order valence-electron chi connectivity index (χ1n) is 9.89. The number of amides is 1. The van der Waals surface area contributed by atoms with E-state index in [1.807, 2.05) is 9.80 Å². The molecule has 2 aromatic heterocycles. The van der Waals surface area contributed by atoms with Gasteiger partial charge in [-0.15, -0.1) is 11.3 Å². The van der Waals surface area contributed by atoms with Crippen LogP contribution in [0.25, 0.3) is 10.2 Å². The number of alkyl halides is 3. The summed E-state index contributed by atoms with van der Waals surface area (Å²) < 4.78 is 38.2. The Morgan fingerprint density at radius 1 is 1.24 bits per heavy atom. The number of carbonyl (C=O) groups is 1. The predicted molar refractivity (Wildman–Crippen MR) is 104 cm³/mol. The molecule has 1 saturated carbocycles. The summed E-state index contributed by atoms with van der Waals surface area (Å²) in [6.07, 6.45) is -0.411. The van der Waals surface area contributed by atoms with Crippen LogP contribution in [0.5, 0.6) is 0 Å². The molecule has 2 aromatic rings. The maximum atomic E-state index is 12.8. The van der Waals surface area contributed by atoms with Crippen molar-refractivity contribution < 1.29 is 18.0 Å². The second-order valence-electron chi connectivity index (χ2n) is 8.37. The molecule has 1 N–H and O–H groups in total. The topological polar surface area (TPSA) is 61.4 Å². The van der Waals surface area contributed by atoms with Crippen LogP contribution in [0.4, 0.5) is 19.0 Å². The average molecular weight is 425 g/mol. The van der Waals surface area contributed by atoms with Gasteiger partial charge < -0.3 is 15.1 Å². The molecule has 4 heterocycles. The summed E-state index contributed by atoms with van der Waals surface area (Å²) in [5, 5.41) is 4.04. The minimum Gasteiger partial charge on any atom is -0.352 e. The molecule has 0 unspecified atom stereocenters. The van der Waals surface area contributed by atoms with Gasteiger partial charge in [-0.1, -0.05) is 0 Å². The molecule has 2 aliphatic heterocycles. The van der Waals surface area contributed by atoms with Crippen LogP contribution < -0.4 is 10.2 Å². The van der Waals surface area contributed by atoms with Gasteiger partial charge in [0.05, 0.1) is 17.8 Å². The number of thiophene rings is 1. The molecule has 3 aliphatic rings. The molecular weight excluding hydrogens is 403 g/mol. The molecular formula is C19H22F3N5OS. The van der Waals surface area contributed by atoms with Gasteiger partial charge >= 0.3 is 6.18 Å². The van der Waals surface area contributed by atoms with Gasteiger partial charge in [-0.3, -0.25) is 4.79 Å². The Hall–Kier alpha value is -1.94. The summed E-state index contributed by atoms with van der Waals surface area (Å²) in [6.45, 7) is 3.35. The van der Waals surface area contributed by atoms with Crippen molar-refractivity contribution in [3.8, 4) is 0 Å². The highest BCUT2D eigenvalue weighted by atomic mass is 32.1. The van der Waals surface area contributed by atoms with Crippen LogP contribution in [-0.2, 0) is 11.2 Å². The number of hydrogen-bond acceptors (Lipinski definition) is 6. The third kappa shape index (κ3) is 3.79. The lowest BCUT2D eigenvalue weighted by molar-refractivity contribution is -0.133. The van der Waals surface area contributed by atoms with Crippen LogP contribution in [0.3, 0.4) is 0 Å². The summed E-state index contributed by atoms with van der Waals surface area (Å²) in [7, 11) is 0. The van der Waals surface area contributed by atoms with E-state index in [1.54, 1.807) is 6.07 Å². The highest BCUT2D eigenvalue weighted by Gasteiger charge is 2.50. The van der Waals surface area contributed by atoms with Gasteiger partial charge in [0.15, 0.2) is 0 Å². The fraction of sp³-hybridized carbons (Fsp3) is 0.632. The molecule has 29 heavy (non-hydrogen) atoms. The summed E-state index contributed by atoms with van der Waals surface area (Å²) in [6, 6.07) is 1.48. The Balaban J connectivity index is 1.27. The van der Waals surface area contributed by atoms with Crippen molar-refractivity contribution in [1.29, 1.82) is 0 Å². The van der Waals surface area contributed by atoms with E-state index < -0.39 is 12.6 Å². The van der Waals surface area contributed by atoms with Crippen molar-refractivity contribution in [2.75, 3.05) is 37.6 Å². The van der Waals surface area contributed by atoms with E-state index in [0.717, 1.165) is 24.3 Å². The third-order valence-electron chi connectivity index (χ3n) is 6.24. The van der Waals surface area contributed by atoms with Gasteiger partial charge in [0, 0.05) is 37.6 Å². The van der Waals surface area contributed by atoms with E-state index in [9.17, 15) is 18.0 Å². The van der Waals surface area contributed by atoms with Gasteiger partial charge in [0.2, 0.25) is 5.91 Å². The minimum absolute atomic E-state index is 0.0726. The smallest absolute Gasteiger partial charge is 0.352 e. The molecule has 0 aromatic carbocycles. The van der Waals surface area contributed by atoms with Crippen molar-refractivity contribution >= 4 is 33.3 Å². The summed E-state index contributed by atoms with van der Waals surface area (Å²) in [4.78, 5) is 26.1. The Labute approximate surface area is 170 Å². The first-order chi connectivity index (χ1) is 13.8. The van der Waals surface area contributed by atoms with E-state index >= 15 is 0 Å². The van der Waals surface area contributed by atoms with Crippen molar-refractivity contribution in [2.24, 2.45) is 5.41 Å². The van der Waals surface area contributed by atoms with Gasteiger partial charge in [0.1, 0.15) is 17.0 Å². The zero-order chi connectivity index (χ0) is 20.2. The lowest BCUT2D eigenvalue weighted by Gasteiger charge is -2.36. The number of nitrogens with one attached hydrogen (secondary N) is 1. The van der Waals surface area contributed by atoms with Crippen LogP contribution in [0.15, 0.2) is 12.4 Å². The van der Waals surface area contributed by atoms with Crippen LogP contribution in [0.2, 0.25) is 0 Å². The van der Waals surface area contributed by atoms with Crippen LogP contribution in [0, 0.1) is 5.41 Å². The van der Waals surface area contributed by atoms with E-state index in [2.05, 4.69) is 15.3 Å². The first kappa shape index (κ1) is 19.0. The third-order valence-corrected chi connectivity index (χ3v) is 7.28. The van der Waals surface area contributed by atoms with E-state index in [4.69, 9.17) is 0 Å². The minimum atomic E-state index is -4.24. The Bertz CT molecular complexity index is 934. The van der Waals surface area contributed by atoms with Crippen LogP contribution >= 0.6 is 11.3 Å². The number of anilines is 1. The lowest BCUT2D eigenvalue weighted by Crippen LogP contribution is -2.53. The van der Waals surface area contributed by atoms with Gasteiger partial charge in [-0.25, -0.2) is 9.97 Å². The van der Waals surface area contributed by atoms with E-state index in [0.29, 0.717) is 47.6 Å². The molecule has 1 atom stereocenters. The quantitative estimate of drug-likeness (QED) is 0.819. The standard InChI is InChI=1S/C19H22F3N5OS/c20-19(21,22)8-12-7-13-15(24-11-25-16(13)29-12)26-3-5-27(6-4-26)17(28)14-9-18(1-2-18)10-23-14/h7,11,14,23H,1-6,8-10H2/t14-/m0/s1. The molecule has 3 fully saturated rings. The Morgan fingerprint density at radius 2 is 2.00 bits per heavy atom. The van der Waals surface area contributed by atoms with Gasteiger partial charge in [0.25, 0.3) is 0 Å². The number of nitrogens with zero attached hydrogens (tertiary/aromatic N) is 4. The second kappa shape index (κ2) is 6.80. The summed E-state index contributed by atoms with van der Waals surface area (Å²) in [5.74, 6) is 0.826. The maximum absolute atomic E-state index is 12.8. The number of fused-ring (bicyclic) bond motifs is 1. The molecule has 1 aliphatic carbocycles. The number of rotatable bonds is 3. The molecule has 2 saturated heterocycles. The van der Waals surface area contributed by atoms with Crippen LogP contribution in [-0.4, -0.2) is 65.7 Å². The average Bonchev–Trinajstić information content (AvgIpc) is 3.11. The normalized spacial score (nSPS) is 23.9. The molecule has 0 bridgehead atoms. The van der Waals surface area contributed by atoms with E-state index in [-0.39, 0.29) is 16.8 Å². The van der Waals surface area contributed by atoms with Crippen molar-refractivity contribution in [3.63, 3.8) is 0 Å². The molecule has 1 spiro atoms. The zero-order valence-corrected chi connectivity index (χ0v) is 16.7. The second-order valence-corrected chi connectivity index (χ2v) is 9.49. The summed E-state index contributed by atoms with van der Waals surface area (Å²) >= 11 is 1.06. The fourth-order valence-electron chi connectivity index (χ4n) is 4.44. The summed E-state index contributed by atoms with van der Waals surface area (Å²) in [5.41, 5.74) is 0.377. The maximum Gasteiger partial charge on any atom is 0.393 e. The van der Waals surface area contributed by atoms with Crippen LogP contribution in [0.1, 0.15) is 24.1 Å². The fourth-order valence-corrected chi connectivity index (χ4v) is 5.46. The monoisotopic (exact) mass is 425 g/mol. The number of aromatic nitrogens is 2. The number of halogens is 3. The molecule has 5 rings (SSSR count). The van der Waals surface area contributed by atoms with Gasteiger partial charge in [-0.05, 0) is 30.7 Å². The Kier molecular flexibility index (Phi) is 4.47. The highest BCUT2D eigenvalue weighted by molar-refractivity contribution is 7.18. The molecule has 156 valence electrons. The Morgan fingerprint density at radius 3 is 2.66 bits per heavy atom. The zero-order valence-electron chi connectivity index (χ0n) is 15.8. The van der Waals surface area contributed by atoms with Gasteiger partial charge in [-0.2, -0.15) is 13.2 Å². The lowest BCUT2D eigenvalue weighted by atomic mass is 10.0.